The highest BCUT2D eigenvalue weighted by Crippen LogP contribution is 2.30. The Balaban J connectivity index is 2.33. The molecule has 0 aliphatic carbocycles. The standard InChI is InChI=1S/C9H6F3N3S/c10-9(11,12)5-1-2-6(14-3-5)7-4-16-8(13)15-7/h1-4H,(H2,13,15). The lowest BCUT2D eigenvalue weighted by atomic mass is 10.2. The molecule has 3 nitrogen and oxygen atoms in total. The first-order chi connectivity index (χ1) is 7.47. The van der Waals surface area contributed by atoms with Gasteiger partial charge in [0.1, 0.15) is 5.69 Å². The Morgan fingerprint density at radius 3 is 2.38 bits per heavy atom. The lowest BCUT2D eigenvalue weighted by Gasteiger charge is -2.05. The van der Waals surface area contributed by atoms with Crippen LogP contribution in [0.25, 0.3) is 11.4 Å². The van der Waals surface area contributed by atoms with Crippen LogP contribution in [0.1, 0.15) is 5.56 Å². The third-order valence-electron chi connectivity index (χ3n) is 1.88. The molecule has 0 saturated carbocycles. The average molecular weight is 245 g/mol. The van der Waals surface area contributed by atoms with Crippen LogP contribution in [0.4, 0.5) is 18.3 Å². The van der Waals surface area contributed by atoms with Crippen molar-refractivity contribution in [2.75, 3.05) is 5.73 Å². The first-order valence-electron chi connectivity index (χ1n) is 4.21. The van der Waals surface area contributed by atoms with Crippen LogP contribution in [0.2, 0.25) is 0 Å². The van der Waals surface area contributed by atoms with Gasteiger partial charge in [-0.25, -0.2) is 4.98 Å². The number of pyridine rings is 1. The zero-order valence-electron chi connectivity index (χ0n) is 7.82. The van der Waals surface area contributed by atoms with Crippen LogP contribution in [0.15, 0.2) is 23.7 Å². The van der Waals surface area contributed by atoms with E-state index in [0.717, 1.165) is 12.3 Å². The van der Waals surface area contributed by atoms with Crippen LogP contribution < -0.4 is 5.73 Å². The number of nitrogens with zero attached hydrogens (tertiary/aromatic N) is 2. The van der Waals surface area contributed by atoms with Crippen LogP contribution in [0.5, 0.6) is 0 Å². The summed E-state index contributed by atoms with van der Waals surface area (Å²) in [7, 11) is 0. The summed E-state index contributed by atoms with van der Waals surface area (Å²) >= 11 is 1.21. The molecule has 0 spiro atoms. The Labute approximate surface area is 92.8 Å². The number of rotatable bonds is 1. The molecular formula is C9H6F3N3S. The molecule has 0 amide bonds. The number of nitrogens with two attached hydrogens (primary N) is 1. The van der Waals surface area contributed by atoms with E-state index in [2.05, 4.69) is 9.97 Å². The number of aromatic nitrogens is 2. The molecule has 7 heteroatoms. The van der Waals surface area contributed by atoms with Crippen LogP contribution in [0.3, 0.4) is 0 Å². The van der Waals surface area contributed by atoms with E-state index in [1.807, 2.05) is 0 Å². The molecule has 2 heterocycles. The molecule has 16 heavy (non-hydrogen) atoms. The maximum absolute atomic E-state index is 12.3. The molecule has 2 aromatic heterocycles. The van der Waals surface area contributed by atoms with Gasteiger partial charge in [-0.3, -0.25) is 4.98 Å². The summed E-state index contributed by atoms with van der Waals surface area (Å²) in [6.07, 6.45) is -3.59. The Morgan fingerprint density at radius 1 is 1.19 bits per heavy atom. The quantitative estimate of drug-likeness (QED) is 0.840. The second-order valence-corrected chi connectivity index (χ2v) is 3.89. The van der Waals surface area contributed by atoms with Gasteiger partial charge in [-0.15, -0.1) is 11.3 Å². The van der Waals surface area contributed by atoms with Crippen molar-refractivity contribution >= 4 is 16.5 Å². The van der Waals surface area contributed by atoms with Crippen LogP contribution in [-0.4, -0.2) is 9.97 Å². The summed E-state index contributed by atoms with van der Waals surface area (Å²) in [6.45, 7) is 0. The number of hydrogen-bond acceptors (Lipinski definition) is 4. The number of alkyl halides is 3. The van der Waals surface area contributed by atoms with Gasteiger partial charge in [0.05, 0.1) is 11.3 Å². The SMILES string of the molecule is Nc1nc(-c2ccc(C(F)(F)F)cn2)cs1. The van der Waals surface area contributed by atoms with E-state index in [4.69, 9.17) is 5.73 Å². The molecule has 2 aromatic rings. The van der Waals surface area contributed by atoms with Crippen LogP contribution >= 0.6 is 11.3 Å². The van der Waals surface area contributed by atoms with Crippen molar-refractivity contribution in [2.24, 2.45) is 0 Å². The highest BCUT2D eigenvalue weighted by atomic mass is 32.1. The second kappa shape index (κ2) is 3.75. The van der Waals surface area contributed by atoms with Gasteiger partial charge in [0.25, 0.3) is 0 Å². The van der Waals surface area contributed by atoms with E-state index in [-0.39, 0.29) is 0 Å². The number of thiazole rings is 1. The minimum atomic E-state index is -4.37. The molecule has 0 saturated heterocycles. The Morgan fingerprint density at radius 2 is 1.94 bits per heavy atom. The van der Waals surface area contributed by atoms with Gasteiger partial charge in [-0.1, -0.05) is 0 Å². The summed E-state index contributed by atoms with van der Waals surface area (Å²) in [5, 5.41) is 2.00. The molecule has 0 unspecified atom stereocenters. The molecule has 0 aliphatic rings. The zero-order valence-corrected chi connectivity index (χ0v) is 8.64. The van der Waals surface area contributed by atoms with Gasteiger partial charge >= 0.3 is 6.18 Å². The third-order valence-corrected chi connectivity index (χ3v) is 2.55. The van der Waals surface area contributed by atoms with Crippen LogP contribution in [-0.2, 0) is 6.18 Å². The lowest BCUT2D eigenvalue weighted by Crippen LogP contribution is -2.05. The van der Waals surface area contributed by atoms with E-state index < -0.39 is 11.7 Å². The number of anilines is 1. The predicted molar refractivity (Wildman–Crippen MR) is 54.8 cm³/mol. The van der Waals surface area contributed by atoms with Crippen LogP contribution in [0, 0.1) is 0 Å². The summed E-state index contributed by atoms with van der Waals surface area (Å²) in [5.41, 5.74) is 5.49. The van der Waals surface area contributed by atoms with Gasteiger partial charge in [-0.05, 0) is 12.1 Å². The molecule has 0 aliphatic heterocycles. The van der Waals surface area contributed by atoms with Gasteiger partial charge in [0.15, 0.2) is 5.13 Å². The summed E-state index contributed by atoms with van der Waals surface area (Å²) in [4.78, 5) is 7.62. The largest absolute Gasteiger partial charge is 0.417 e. The maximum atomic E-state index is 12.3. The van der Waals surface area contributed by atoms with E-state index in [1.165, 1.54) is 17.4 Å². The van der Waals surface area contributed by atoms with Gasteiger partial charge in [0.2, 0.25) is 0 Å². The summed E-state index contributed by atoms with van der Waals surface area (Å²) < 4.78 is 36.8. The molecule has 2 N–H and O–H groups in total. The van der Waals surface area contributed by atoms with E-state index >= 15 is 0 Å². The van der Waals surface area contributed by atoms with E-state index in [9.17, 15) is 13.2 Å². The fraction of sp³-hybridized carbons (Fsp3) is 0.111. The summed E-state index contributed by atoms with van der Waals surface area (Å²) in [5.74, 6) is 0. The topological polar surface area (TPSA) is 51.8 Å². The molecule has 0 fully saturated rings. The molecule has 2 rings (SSSR count). The van der Waals surface area contributed by atoms with Crippen molar-refractivity contribution in [2.45, 2.75) is 6.18 Å². The lowest BCUT2D eigenvalue weighted by molar-refractivity contribution is -0.137. The minimum Gasteiger partial charge on any atom is -0.375 e. The van der Waals surface area contributed by atoms with Gasteiger partial charge in [0, 0.05) is 11.6 Å². The molecule has 84 valence electrons. The predicted octanol–water partition coefficient (Wildman–Crippen LogP) is 2.81. The van der Waals surface area contributed by atoms with Crippen molar-refractivity contribution < 1.29 is 13.2 Å². The van der Waals surface area contributed by atoms with E-state index in [0.29, 0.717) is 16.5 Å². The van der Waals surface area contributed by atoms with E-state index in [1.54, 1.807) is 5.38 Å². The van der Waals surface area contributed by atoms with Crippen molar-refractivity contribution in [3.63, 3.8) is 0 Å². The molecule has 0 atom stereocenters. The number of halogens is 3. The molecular weight excluding hydrogens is 239 g/mol. The smallest absolute Gasteiger partial charge is 0.375 e. The average Bonchev–Trinajstić information content (AvgIpc) is 2.64. The van der Waals surface area contributed by atoms with Crippen molar-refractivity contribution in [3.8, 4) is 11.4 Å². The molecule has 0 bridgehead atoms. The molecule has 0 radical (unpaired) electrons. The first kappa shape index (κ1) is 10.9. The first-order valence-corrected chi connectivity index (χ1v) is 5.09. The van der Waals surface area contributed by atoms with Gasteiger partial charge in [-0.2, -0.15) is 13.2 Å². The Hall–Kier alpha value is -1.63. The van der Waals surface area contributed by atoms with Gasteiger partial charge < -0.3 is 5.73 Å². The maximum Gasteiger partial charge on any atom is 0.417 e. The highest BCUT2D eigenvalue weighted by Gasteiger charge is 2.30. The second-order valence-electron chi connectivity index (χ2n) is 3.00. The fourth-order valence-corrected chi connectivity index (χ4v) is 1.68. The number of nitrogen functional groups attached to an aromatic ring is 1. The minimum absolute atomic E-state index is 0.358. The molecule has 0 aromatic carbocycles. The summed E-state index contributed by atoms with van der Waals surface area (Å²) in [6, 6.07) is 2.25. The monoisotopic (exact) mass is 245 g/mol. The van der Waals surface area contributed by atoms with Crippen molar-refractivity contribution in [1.82, 2.24) is 9.97 Å². The fourth-order valence-electron chi connectivity index (χ4n) is 1.12. The highest BCUT2D eigenvalue weighted by molar-refractivity contribution is 7.13. The Bertz CT molecular complexity index is 489. The number of hydrogen-bond donors (Lipinski definition) is 1. The Kier molecular flexibility index (Phi) is 2.55. The van der Waals surface area contributed by atoms with Crippen molar-refractivity contribution in [1.29, 1.82) is 0 Å². The van der Waals surface area contributed by atoms with Crippen molar-refractivity contribution in [3.05, 3.63) is 29.3 Å². The third kappa shape index (κ3) is 2.13. The zero-order chi connectivity index (χ0) is 11.8. The normalized spacial score (nSPS) is 11.7.